The van der Waals surface area contributed by atoms with Crippen LogP contribution >= 0.6 is 0 Å². The second-order valence-electron chi connectivity index (χ2n) is 9.17. The summed E-state index contributed by atoms with van der Waals surface area (Å²) in [5.74, 6) is 0.756. The van der Waals surface area contributed by atoms with Gasteiger partial charge in [-0.25, -0.2) is 4.68 Å². The Morgan fingerprint density at radius 1 is 1.28 bits per heavy atom. The molecular formula is C25H38N4O3. The quantitative estimate of drug-likeness (QED) is 0.562. The van der Waals surface area contributed by atoms with Gasteiger partial charge in [0, 0.05) is 37.5 Å². The fraction of sp³-hybridized carbons (Fsp3) is 0.600. The van der Waals surface area contributed by atoms with Gasteiger partial charge in [-0.3, -0.25) is 4.79 Å². The molecule has 1 N–H and O–H groups in total. The maximum Gasteiger partial charge on any atom is 0.254 e. The van der Waals surface area contributed by atoms with Gasteiger partial charge in [-0.05, 0) is 77.3 Å². The predicted molar refractivity (Wildman–Crippen MR) is 127 cm³/mol. The molecule has 32 heavy (non-hydrogen) atoms. The number of hydrogen-bond acceptors (Lipinski definition) is 5. The molecule has 1 fully saturated rings. The lowest BCUT2D eigenvalue weighted by molar-refractivity contribution is 0.0929. The summed E-state index contributed by atoms with van der Waals surface area (Å²) < 4.78 is 13.1. The number of benzene rings is 1. The molecule has 1 aromatic carbocycles. The molecule has 0 unspecified atom stereocenters. The van der Waals surface area contributed by atoms with E-state index in [0.29, 0.717) is 18.8 Å². The summed E-state index contributed by atoms with van der Waals surface area (Å²) in [7, 11) is 2.17. The van der Waals surface area contributed by atoms with Crippen LogP contribution in [0.2, 0.25) is 0 Å². The van der Waals surface area contributed by atoms with Crippen LogP contribution in [-0.4, -0.2) is 65.6 Å². The van der Waals surface area contributed by atoms with Gasteiger partial charge in [-0.2, -0.15) is 5.10 Å². The first-order valence-electron chi connectivity index (χ1n) is 11.8. The summed E-state index contributed by atoms with van der Waals surface area (Å²) in [6, 6.07) is 7.97. The third kappa shape index (κ3) is 6.81. The minimum Gasteiger partial charge on any atom is -0.494 e. The van der Waals surface area contributed by atoms with Gasteiger partial charge in [0.15, 0.2) is 0 Å². The Morgan fingerprint density at radius 3 is 2.81 bits per heavy atom. The molecule has 2 heterocycles. The van der Waals surface area contributed by atoms with E-state index in [-0.39, 0.29) is 17.5 Å². The number of ether oxygens (including phenoxy) is 2. The molecular weight excluding hydrogens is 404 g/mol. The average molecular weight is 443 g/mol. The zero-order chi connectivity index (χ0) is 23.0. The number of carbonyl (C=O) groups is 1. The summed E-state index contributed by atoms with van der Waals surface area (Å²) in [4.78, 5) is 15.0. The van der Waals surface area contributed by atoms with Crippen molar-refractivity contribution in [1.29, 1.82) is 0 Å². The lowest BCUT2D eigenvalue weighted by atomic mass is 10.00. The molecule has 0 spiro atoms. The van der Waals surface area contributed by atoms with Crippen molar-refractivity contribution in [2.24, 2.45) is 0 Å². The van der Waals surface area contributed by atoms with Crippen molar-refractivity contribution >= 4 is 5.91 Å². The molecule has 0 radical (unpaired) electrons. The monoisotopic (exact) mass is 442 g/mol. The van der Waals surface area contributed by atoms with Crippen molar-refractivity contribution < 1.29 is 14.3 Å². The zero-order valence-electron chi connectivity index (χ0n) is 20.0. The first kappa shape index (κ1) is 24.3. The van der Waals surface area contributed by atoms with Crippen molar-refractivity contribution in [2.45, 2.75) is 64.5 Å². The van der Waals surface area contributed by atoms with Crippen LogP contribution in [0.5, 0.6) is 5.75 Å². The van der Waals surface area contributed by atoms with Gasteiger partial charge in [0.25, 0.3) is 5.91 Å². The van der Waals surface area contributed by atoms with E-state index in [1.54, 1.807) is 17.1 Å². The SMILES string of the molecule is CCC(C)(C)N(C)CCCOc1ccc(-n2cc(C(=O)N[C@@H]3CCCOCC3)cn2)cc1. The van der Waals surface area contributed by atoms with E-state index < -0.39 is 0 Å². The fourth-order valence-corrected chi connectivity index (χ4v) is 3.66. The Balaban J connectivity index is 1.47. The molecule has 0 saturated carbocycles. The van der Waals surface area contributed by atoms with Crippen LogP contribution in [0.15, 0.2) is 36.7 Å². The number of nitrogens with zero attached hydrogens (tertiary/aromatic N) is 3. The first-order valence-corrected chi connectivity index (χ1v) is 11.8. The van der Waals surface area contributed by atoms with Gasteiger partial charge in [0.1, 0.15) is 5.75 Å². The molecule has 7 heteroatoms. The normalized spacial score (nSPS) is 17.2. The topological polar surface area (TPSA) is 68.6 Å². The molecule has 1 saturated heterocycles. The highest BCUT2D eigenvalue weighted by atomic mass is 16.5. The molecule has 176 valence electrons. The molecule has 0 bridgehead atoms. The lowest BCUT2D eigenvalue weighted by Crippen LogP contribution is -2.41. The smallest absolute Gasteiger partial charge is 0.254 e. The van der Waals surface area contributed by atoms with Crippen molar-refractivity contribution in [1.82, 2.24) is 20.0 Å². The number of amides is 1. The van der Waals surface area contributed by atoms with E-state index in [0.717, 1.165) is 56.7 Å². The van der Waals surface area contributed by atoms with Crippen molar-refractivity contribution in [3.8, 4) is 11.4 Å². The highest BCUT2D eigenvalue weighted by Gasteiger charge is 2.20. The van der Waals surface area contributed by atoms with Gasteiger partial charge in [-0.15, -0.1) is 0 Å². The molecule has 1 atom stereocenters. The Morgan fingerprint density at radius 2 is 2.06 bits per heavy atom. The highest BCUT2D eigenvalue weighted by molar-refractivity contribution is 5.94. The van der Waals surface area contributed by atoms with Gasteiger partial charge in [-0.1, -0.05) is 6.92 Å². The van der Waals surface area contributed by atoms with Gasteiger partial charge < -0.3 is 19.7 Å². The zero-order valence-corrected chi connectivity index (χ0v) is 20.0. The van der Waals surface area contributed by atoms with E-state index in [1.807, 2.05) is 24.3 Å². The first-order chi connectivity index (χ1) is 15.4. The molecule has 3 rings (SSSR count). The lowest BCUT2D eigenvalue weighted by Gasteiger charge is -2.34. The molecule has 7 nitrogen and oxygen atoms in total. The predicted octanol–water partition coefficient (Wildman–Crippen LogP) is 4.06. The van der Waals surface area contributed by atoms with Crippen molar-refractivity contribution in [2.75, 3.05) is 33.4 Å². The summed E-state index contributed by atoms with van der Waals surface area (Å²) in [6.45, 7) is 9.92. The van der Waals surface area contributed by atoms with E-state index >= 15 is 0 Å². The maximum atomic E-state index is 12.6. The van der Waals surface area contributed by atoms with Gasteiger partial charge >= 0.3 is 0 Å². The average Bonchev–Trinajstić information content (AvgIpc) is 3.16. The second kappa shape index (κ2) is 11.5. The number of nitrogens with one attached hydrogen (secondary N) is 1. The molecule has 0 aliphatic carbocycles. The van der Waals surface area contributed by atoms with E-state index in [4.69, 9.17) is 9.47 Å². The summed E-state index contributed by atoms with van der Waals surface area (Å²) in [5, 5.41) is 7.46. The fourth-order valence-electron chi connectivity index (χ4n) is 3.66. The highest BCUT2D eigenvalue weighted by Crippen LogP contribution is 2.18. The number of rotatable bonds is 10. The number of carbonyl (C=O) groups excluding carboxylic acids is 1. The van der Waals surface area contributed by atoms with Gasteiger partial charge in [0.05, 0.1) is 24.1 Å². The molecule has 1 aliphatic rings. The third-order valence-corrected chi connectivity index (χ3v) is 6.54. The largest absolute Gasteiger partial charge is 0.494 e. The van der Waals surface area contributed by atoms with Crippen LogP contribution in [0.25, 0.3) is 5.69 Å². The van der Waals surface area contributed by atoms with Crippen LogP contribution in [-0.2, 0) is 4.74 Å². The summed E-state index contributed by atoms with van der Waals surface area (Å²) in [5.41, 5.74) is 1.67. The van der Waals surface area contributed by atoms with Crippen LogP contribution < -0.4 is 10.1 Å². The number of aromatic nitrogens is 2. The van der Waals surface area contributed by atoms with Crippen LogP contribution in [0.1, 0.15) is 63.2 Å². The minimum absolute atomic E-state index is 0.0840. The number of hydrogen-bond donors (Lipinski definition) is 1. The van der Waals surface area contributed by atoms with Crippen LogP contribution in [0.3, 0.4) is 0 Å². The Kier molecular flexibility index (Phi) is 8.70. The van der Waals surface area contributed by atoms with Crippen LogP contribution in [0.4, 0.5) is 0 Å². The van der Waals surface area contributed by atoms with Crippen molar-refractivity contribution in [3.05, 3.63) is 42.2 Å². The Hall–Kier alpha value is -2.38. The van der Waals surface area contributed by atoms with E-state index in [1.165, 1.54) is 0 Å². The van der Waals surface area contributed by atoms with Crippen molar-refractivity contribution in [3.63, 3.8) is 0 Å². The summed E-state index contributed by atoms with van der Waals surface area (Å²) >= 11 is 0. The standard InChI is InChI=1S/C25H38N4O3/c1-5-25(2,3)28(4)14-7-16-32-23-11-9-22(10-12-23)29-19-20(18-26-29)24(30)27-21-8-6-15-31-17-13-21/h9-12,18-19,21H,5-8,13-17H2,1-4H3,(H,27,30)/t21-/m1/s1. The Labute approximate surface area is 192 Å². The molecule has 1 aromatic heterocycles. The minimum atomic E-state index is -0.0840. The Bertz CT molecular complexity index is 839. The molecule has 1 amide bonds. The molecule has 2 aromatic rings. The summed E-state index contributed by atoms with van der Waals surface area (Å²) in [6.07, 6.45) is 8.27. The molecule has 1 aliphatic heterocycles. The van der Waals surface area contributed by atoms with Gasteiger partial charge in [0.2, 0.25) is 0 Å². The maximum absolute atomic E-state index is 12.6. The van der Waals surface area contributed by atoms with Crippen LogP contribution in [0, 0.1) is 0 Å². The second-order valence-corrected chi connectivity index (χ2v) is 9.17. The van der Waals surface area contributed by atoms with E-state index in [2.05, 4.69) is 43.1 Å². The van der Waals surface area contributed by atoms with E-state index in [9.17, 15) is 4.79 Å². The third-order valence-electron chi connectivity index (χ3n) is 6.54.